The van der Waals surface area contributed by atoms with Crippen LogP contribution in [0.3, 0.4) is 0 Å². The second-order valence-corrected chi connectivity index (χ2v) is 9.33. The zero-order valence-electron chi connectivity index (χ0n) is 20.6. The molecule has 1 amide bonds. The summed E-state index contributed by atoms with van der Waals surface area (Å²) in [6.45, 7) is 8.33. The van der Waals surface area contributed by atoms with Gasteiger partial charge in [0, 0.05) is 46.3 Å². The molecule has 0 aromatic heterocycles. The van der Waals surface area contributed by atoms with Gasteiger partial charge >= 0.3 is 0 Å². The smallest absolute Gasteiger partial charge is 0.243 e. The van der Waals surface area contributed by atoms with Crippen molar-refractivity contribution < 1.29 is 4.79 Å². The van der Waals surface area contributed by atoms with E-state index in [0.717, 1.165) is 45.0 Å². The van der Waals surface area contributed by atoms with Crippen molar-refractivity contribution in [1.29, 1.82) is 0 Å². The fraction of sp³-hybridized carbons (Fsp3) is 0.481. The number of aliphatic imine (C=N–C) groups is 1. The summed E-state index contributed by atoms with van der Waals surface area (Å²) in [6.07, 6.45) is 2.12. The Labute approximate surface area is 199 Å². The molecule has 6 nitrogen and oxygen atoms in total. The molecule has 1 aliphatic rings. The van der Waals surface area contributed by atoms with Gasteiger partial charge in [0.05, 0.1) is 0 Å². The van der Waals surface area contributed by atoms with E-state index >= 15 is 0 Å². The molecule has 1 fully saturated rings. The van der Waals surface area contributed by atoms with Crippen molar-refractivity contribution in [3.63, 3.8) is 0 Å². The van der Waals surface area contributed by atoms with Crippen LogP contribution in [0.5, 0.6) is 0 Å². The number of carbonyl (C=O) groups excluding carboxylic acids is 1. The van der Waals surface area contributed by atoms with Crippen LogP contribution in [0.15, 0.2) is 59.6 Å². The number of aryl methyl sites for hydroxylation is 1. The molecule has 1 atom stereocenters. The third-order valence-electron chi connectivity index (χ3n) is 6.27. The third-order valence-corrected chi connectivity index (χ3v) is 6.27. The molecule has 0 spiro atoms. The van der Waals surface area contributed by atoms with Gasteiger partial charge in [-0.15, -0.1) is 0 Å². The van der Waals surface area contributed by atoms with Crippen molar-refractivity contribution in [2.24, 2.45) is 4.99 Å². The van der Waals surface area contributed by atoms with Crippen molar-refractivity contribution in [3.05, 3.63) is 71.3 Å². The number of piperidine rings is 1. The van der Waals surface area contributed by atoms with E-state index < -0.39 is 0 Å². The van der Waals surface area contributed by atoms with Gasteiger partial charge in [-0.25, -0.2) is 4.99 Å². The summed E-state index contributed by atoms with van der Waals surface area (Å²) in [7, 11) is 3.53. The van der Waals surface area contributed by atoms with Crippen molar-refractivity contribution in [2.75, 3.05) is 40.3 Å². The average Bonchev–Trinajstić information content (AvgIpc) is 2.82. The van der Waals surface area contributed by atoms with Gasteiger partial charge in [-0.1, -0.05) is 67.1 Å². The first-order valence-electron chi connectivity index (χ1n) is 12.0. The molecular weight excluding hydrogens is 410 g/mol. The first kappa shape index (κ1) is 24.8. The maximum atomic E-state index is 12.1. The van der Waals surface area contributed by atoms with E-state index in [1.165, 1.54) is 16.7 Å². The molecule has 2 aromatic rings. The molecule has 0 saturated carbocycles. The molecule has 0 radical (unpaired) electrons. The maximum absolute atomic E-state index is 12.1. The summed E-state index contributed by atoms with van der Waals surface area (Å²) in [5.41, 5.74) is 3.93. The van der Waals surface area contributed by atoms with E-state index in [4.69, 9.17) is 0 Å². The molecular formula is C27H39N5O. The summed E-state index contributed by atoms with van der Waals surface area (Å²) in [5.74, 6) is 1.07. The SMILES string of the molecule is Cc1ccc(C(C)CNC(=NCC(=O)N(C)C)NC2CCN(Cc3ccccc3)CC2)cc1. The third kappa shape index (κ3) is 8.21. The number of likely N-dealkylation sites (tertiary alicyclic amines) is 1. The van der Waals surface area contributed by atoms with E-state index in [0.29, 0.717) is 12.0 Å². The van der Waals surface area contributed by atoms with Crippen molar-refractivity contribution in [3.8, 4) is 0 Å². The van der Waals surface area contributed by atoms with E-state index in [-0.39, 0.29) is 12.5 Å². The zero-order chi connectivity index (χ0) is 23.6. The molecule has 178 valence electrons. The Kier molecular flexibility index (Phi) is 9.31. The highest BCUT2D eigenvalue weighted by atomic mass is 16.2. The van der Waals surface area contributed by atoms with Crippen LogP contribution in [0, 0.1) is 6.92 Å². The minimum atomic E-state index is 0.000337. The van der Waals surface area contributed by atoms with Crippen LogP contribution in [0.1, 0.15) is 42.4 Å². The van der Waals surface area contributed by atoms with Gasteiger partial charge in [0.25, 0.3) is 0 Å². The number of guanidine groups is 1. The Hall–Kier alpha value is -2.86. The largest absolute Gasteiger partial charge is 0.356 e. The monoisotopic (exact) mass is 449 g/mol. The van der Waals surface area contributed by atoms with Gasteiger partial charge in [0.2, 0.25) is 5.91 Å². The number of rotatable bonds is 8. The molecule has 1 heterocycles. The number of carbonyl (C=O) groups is 1. The Balaban J connectivity index is 1.54. The fourth-order valence-corrected chi connectivity index (χ4v) is 3.97. The molecule has 2 N–H and O–H groups in total. The van der Waals surface area contributed by atoms with Gasteiger partial charge in [0.1, 0.15) is 6.54 Å². The minimum Gasteiger partial charge on any atom is -0.356 e. The Bertz CT molecular complexity index is 886. The normalized spacial score (nSPS) is 16.3. The lowest BCUT2D eigenvalue weighted by Gasteiger charge is -2.33. The van der Waals surface area contributed by atoms with Crippen LogP contribution in [-0.2, 0) is 11.3 Å². The molecule has 1 aliphatic heterocycles. The number of hydrogen-bond donors (Lipinski definition) is 2. The predicted molar refractivity (Wildman–Crippen MR) is 136 cm³/mol. The summed E-state index contributed by atoms with van der Waals surface area (Å²) in [4.78, 5) is 20.8. The van der Waals surface area contributed by atoms with E-state index in [1.807, 2.05) is 0 Å². The van der Waals surface area contributed by atoms with Crippen LogP contribution in [0.25, 0.3) is 0 Å². The van der Waals surface area contributed by atoms with Crippen LogP contribution in [0.2, 0.25) is 0 Å². The summed E-state index contributed by atoms with van der Waals surface area (Å²) >= 11 is 0. The second kappa shape index (κ2) is 12.4. The fourth-order valence-electron chi connectivity index (χ4n) is 3.97. The molecule has 0 bridgehead atoms. The molecule has 33 heavy (non-hydrogen) atoms. The molecule has 3 rings (SSSR count). The number of likely N-dealkylation sites (N-methyl/N-ethyl adjacent to an activating group) is 1. The topological polar surface area (TPSA) is 60.0 Å². The molecule has 1 saturated heterocycles. The maximum Gasteiger partial charge on any atom is 0.243 e. The lowest BCUT2D eigenvalue weighted by atomic mass is 10.00. The van der Waals surface area contributed by atoms with Crippen molar-refractivity contribution >= 4 is 11.9 Å². The number of benzene rings is 2. The number of hydrogen-bond acceptors (Lipinski definition) is 3. The van der Waals surface area contributed by atoms with Gasteiger partial charge in [-0.2, -0.15) is 0 Å². The van der Waals surface area contributed by atoms with E-state index in [1.54, 1.807) is 19.0 Å². The lowest BCUT2D eigenvalue weighted by molar-refractivity contribution is -0.127. The minimum absolute atomic E-state index is 0.000337. The van der Waals surface area contributed by atoms with Crippen LogP contribution >= 0.6 is 0 Å². The van der Waals surface area contributed by atoms with Crippen molar-refractivity contribution in [1.82, 2.24) is 20.4 Å². The van der Waals surface area contributed by atoms with Crippen LogP contribution in [0.4, 0.5) is 0 Å². The second-order valence-electron chi connectivity index (χ2n) is 9.33. The van der Waals surface area contributed by atoms with Crippen LogP contribution < -0.4 is 10.6 Å². The lowest BCUT2D eigenvalue weighted by Crippen LogP contribution is -2.49. The highest BCUT2D eigenvalue weighted by molar-refractivity contribution is 5.85. The molecule has 2 aromatic carbocycles. The van der Waals surface area contributed by atoms with Gasteiger partial charge < -0.3 is 15.5 Å². The number of nitrogens with one attached hydrogen (secondary N) is 2. The Morgan fingerprint density at radius 1 is 1.09 bits per heavy atom. The van der Waals surface area contributed by atoms with Crippen LogP contribution in [-0.4, -0.2) is 68.0 Å². The summed E-state index contributed by atoms with van der Waals surface area (Å²) in [5, 5.41) is 7.07. The number of nitrogens with zero attached hydrogens (tertiary/aromatic N) is 3. The molecule has 0 aliphatic carbocycles. The number of amides is 1. The van der Waals surface area contributed by atoms with Gasteiger partial charge in [-0.05, 0) is 36.8 Å². The van der Waals surface area contributed by atoms with E-state index in [9.17, 15) is 4.79 Å². The van der Waals surface area contributed by atoms with Crippen molar-refractivity contribution in [2.45, 2.75) is 45.2 Å². The Morgan fingerprint density at radius 3 is 2.39 bits per heavy atom. The quantitative estimate of drug-likeness (QED) is 0.479. The highest BCUT2D eigenvalue weighted by Gasteiger charge is 2.20. The zero-order valence-corrected chi connectivity index (χ0v) is 20.6. The van der Waals surface area contributed by atoms with Gasteiger partial charge in [-0.3, -0.25) is 9.69 Å². The van der Waals surface area contributed by atoms with E-state index in [2.05, 4.69) is 89.0 Å². The van der Waals surface area contributed by atoms with Gasteiger partial charge in [0.15, 0.2) is 5.96 Å². The first-order chi connectivity index (χ1) is 15.9. The highest BCUT2D eigenvalue weighted by Crippen LogP contribution is 2.16. The standard InChI is InChI=1S/C27H39N5O/c1-21-10-12-24(13-11-21)22(2)18-28-27(29-19-26(33)31(3)4)30-25-14-16-32(17-15-25)20-23-8-6-5-7-9-23/h5-13,22,25H,14-20H2,1-4H3,(H2,28,29,30). The summed E-state index contributed by atoms with van der Waals surface area (Å²) < 4.78 is 0. The average molecular weight is 450 g/mol. The molecule has 1 unspecified atom stereocenters. The predicted octanol–water partition coefficient (Wildman–Crippen LogP) is 3.39. The first-order valence-corrected chi connectivity index (χ1v) is 12.0. The summed E-state index contributed by atoms with van der Waals surface area (Å²) in [6, 6.07) is 19.7. The molecule has 6 heteroatoms. The Morgan fingerprint density at radius 2 is 1.76 bits per heavy atom.